The van der Waals surface area contributed by atoms with E-state index in [2.05, 4.69) is 6.92 Å². The van der Waals surface area contributed by atoms with Gasteiger partial charge in [0.05, 0.1) is 5.92 Å². The van der Waals surface area contributed by atoms with Gasteiger partial charge in [-0.25, -0.2) is 0 Å². The highest BCUT2D eigenvalue weighted by Crippen LogP contribution is 2.29. The first-order valence-electron chi connectivity index (χ1n) is 8.38. The number of carbonyl (C=O) groups is 2. The van der Waals surface area contributed by atoms with Crippen molar-refractivity contribution in [2.24, 2.45) is 5.92 Å². The van der Waals surface area contributed by atoms with Crippen molar-refractivity contribution in [3.05, 3.63) is 34.4 Å². The average molecular weight is 317 g/mol. The number of amides is 1. The van der Waals surface area contributed by atoms with Gasteiger partial charge in [0, 0.05) is 19.5 Å². The Bertz CT molecular complexity index is 578. The number of aliphatic carboxylic acids is 1. The van der Waals surface area contributed by atoms with Crippen molar-refractivity contribution in [3.8, 4) is 0 Å². The van der Waals surface area contributed by atoms with Gasteiger partial charge in [-0.2, -0.15) is 0 Å². The third kappa shape index (κ3) is 4.12. The van der Waals surface area contributed by atoms with Crippen LogP contribution in [0, 0.1) is 26.7 Å². The fourth-order valence-corrected chi connectivity index (χ4v) is 3.62. The number of benzene rings is 1. The molecule has 1 aromatic rings. The van der Waals surface area contributed by atoms with Gasteiger partial charge in [0.2, 0.25) is 5.91 Å². The lowest BCUT2D eigenvalue weighted by atomic mass is 9.86. The summed E-state index contributed by atoms with van der Waals surface area (Å²) >= 11 is 0. The Labute approximate surface area is 138 Å². The van der Waals surface area contributed by atoms with Crippen LogP contribution in [0.3, 0.4) is 0 Å². The molecule has 0 aliphatic carbocycles. The Morgan fingerprint density at radius 1 is 1.17 bits per heavy atom. The smallest absolute Gasteiger partial charge is 0.311 e. The van der Waals surface area contributed by atoms with E-state index in [1.807, 2.05) is 37.8 Å². The largest absolute Gasteiger partial charge is 0.481 e. The van der Waals surface area contributed by atoms with Crippen LogP contribution in [0.2, 0.25) is 0 Å². The summed E-state index contributed by atoms with van der Waals surface area (Å²) in [6.07, 6.45) is 2.06. The van der Waals surface area contributed by atoms with Gasteiger partial charge in [0.25, 0.3) is 0 Å². The zero-order valence-electron chi connectivity index (χ0n) is 14.6. The van der Waals surface area contributed by atoms with E-state index in [0.717, 1.165) is 48.2 Å². The van der Waals surface area contributed by atoms with Gasteiger partial charge in [-0.05, 0) is 56.2 Å². The van der Waals surface area contributed by atoms with Crippen LogP contribution in [0.5, 0.6) is 0 Å². The maximum atomic E-state index is 12.5. The predicted molar refractivity (Wildman–Crippen MR) is 90.6 cm³/mol. The van der Waals surface area contributed by atoms with Gasteiger partial charge in [-0.15, -0.1) is 0 Å². The van der Waals surface area contributed by atoms with Gasteiger partial charge in [-0.3, -0.25) is 9.59 Å². The topological polar surface area (TPSA) is 57.6 Å². The van der Waals surface area contributed by atoms with Crippen LogP contribution in [0.1, 0.15) is 54.4 Å². The lowest BCUT2D eigenvalue weighted by molar-refractivity contribution is -0.143. The molecule has 4 nitrogen and oxygen atoms in total. The number of carboxylic acid groups (broad SMARTS) is 1. The quantitative estimate of drug-likeness (QED) is 0.925. The molecule has 0 radical (unpaired) electrons. The van der Waals surface area contributed by atoms with E-state index in [9.17, 15) is 14.7 Å². The molecule has 2 rings (SSSR count). The molecule has 1 unspecified atom stereocenters. The second-order valence-corrected chi connectivity index (χ2v) is 6.97. The number of hydrogen-bond donors (Lipinski definition) is 1. The Morgan fingerprint density at radius 3 is 2.17 bits per heavy atom. The maximum Gasteiger partial charge on any atom is 0.311 e. The first-order chi connectivity index (χ1) is 10.8. The van der Waals surface area contributed by atoms with E-state index in [0.29, 0.717) is 5.92 Å². The first-order valence-corrected chi connectivity index (χ1v) is 8.38. The van der Waals surface area contributed by atoms with Crippen molar-refractivity contribution in [1.29, 1.82) is 0 Å². The molecule has 1 atom stereocenters. The van der Waals surface area contributed by atoms with Crippen molar-refractivity contribution in [1.82, 2.24) is 4.90 Å². The number of aryl methyl sites for hydroxylation is 3. The number of nitrogens with zero attached hydrogens (tertiary/aromatic N) is 1. The summed E-state index contributed by atoms with van der Waals surface area (Å²) < 4.78 is 0. The molecule has 1 amide bonds. The third-order valence-corrected chi connectivity index (χ3v) is 4.90. The standard InChI is InChI=1S/C19H27NO3/c1-12-5-7-20(8-6-12)17(21)11-16(19(22)23)18-14(3)9-13(2)10-15(18)4/h9-10,12,16H,5-8,11H2,1-4H3,(H,22,23). The number of likely N-dealkylation sites (tertiary alicyclic amines) is 1. The van der Waals surface area contributed by atoms with Crippen molar-refractivity contribution in [3.63, 3.8) is 0 Å². The molecular formula is C19H27NO3. The molecule has 126 valence electrons. The normalized spacial score (nSPS) is 17.1. The zero-order chi connectivity index (χ0) is 17.1. The minimum atomic E-state index is -0.918. The summed E-state index contributed by atoms with van der Waals surface area (Å²) in [4.78, 5) is 26.2. The number of carbonyl (C=O) groups excluding carboxylic acids is 1. The molecule has 1 N–H and O–H groups in total. The summed E-state index contributed by atoms with van der Waals surface area (Å²) in [6.45, 7) is 9.55. The maximum absolute atomic E-state index is 12.5. The van der Waals surface area contributed by atoms with Gasteiger partial charge < -0.3 is 10.0 Å². The fourth-order valence-electron chi connectivity index (χ4n) is 3.62. The van der Waals surface area contributed by atoms with Gasteiger partial charge in [0.15, 0.2) is 0 Å². The van der Waals surface area contributed by atoms with Crippen LogP contribution in [0.4, 0.5) is 0 Å². The second kappa shape index (κ2) is 7.16. The highest BCUT2D eigenvalue weighted by atomic mass is 16.4. The second-order valence-electron chi connectivity index (χ2n) is 6.97. The number of carboxylic acids is 1. The summed E-state index contributed by atoms with van der Waals surface area (Å²) in [5.41, 5.74) is 3.82. The Morgan fingerprint density at radius 2 is 1.70 bits per heavy atom. The van der Waals surface area contributed by atoms with E-state index < -0.39 is 11.9 Å². The summed E-state index contributed by atoms with van der Waals surface area (Å²) in [5, 5.41) is 9.66. The van der Waals surface area contributed by atoms with Crippen LogP contribution in [0.15, 0.2) is 12.1 Å². The molecule has 1 aromatic carbocycles. The lowest BCUT2D eigenvalue weighted by Crippen LogP contribution is -2.39. The van der Waals surface area contributed by atoms with Crippen LogP contribution in [0.25, 0.3) is 0 Å². The van der Waals surface area contributed by atoms with Crippen LogP contribution in [-0.4, -0.2) is 35.0 Å². The zero-order valence-corrected chi connectivity index (χ0v) is 14.6. The molecular weight excluding hydrogens is 290 g/mol. The van der Waals surface area contributed by atoms with E-state index >= 15 is 0 Å². The van der Waals surface area contributed by atoms with E-state index in [4.69, 9.17) is 0 Å². The number of piperidine rings is 1. The van der Waals surface area contributed by atoms with E-state index in [1.165, 1.54) is 0 Å². The molecule has 23 heavy (non-hydrogen) atoms. The van der Waals surface area contributed by atoms with Crippen LogP contribution < -0.4 is 0 Å². The molecule has 1 fully saturated rings. The molecule has 1 aliphatic heterocycles. The molecule has 1 saturated heterocycles. The molecule has 1 heterocycles. The Balaban J connectivity index is 2.20. The number of hydrogen-bond acceptors (Lipinski definition) is 2. The summed E-state index contributed by atoms with van der Waals surface area (Å²) in [5.74, 6) is -1.07. The van der Waals surface area contributed by atoms with Crippen LogP contribution in [-0.2, 0) is 9.59 Å². The van der Waals surface area contributed by atoms with Gasteiger partial charge in [0.1, 0.15) is 0 Å². The van der Waals surface area contributed by atoms with Crippen molar-refractivity contribution >= 4 is 11.9 Å². The summed E-state index contributed by atoms with van der Waals surface area (Å²) in [6, 6.07) is 3.98. The highest BCUT2D eigenvalue weighted by molar-refractivity contribution is 5.86. The van der Waals surface area contributed by atoms with Crippen molar-refractivity contribution in [2.45, 2.75) is 52.9 Å². The Kier molecular flexibility index (Phi) is 5.45. The van der Waals surface area contributed by atoms with Crippen molar-refractivity contribution < 1.29 is 14.7 Å². The van der Waals surface area contributed by atoms with E-state index in [1.54, 1.807) is 0 Å². The Hall–Kier alpha value is -1.84. The van der Waals surface area contributed by atoms with Gasteiger partial charge in [-0.1, -0.05) is 24.6 Å². The first kappa shape index (κ1) is 17.5. The molecule has 1 aliphatic rings. The average Bonchev–Trinajstić information content (AvgIpc) is 2.45. The number of rotatable bonds is 4. The van der Waals surface area contributed by atoms with Gasteiger partial charge >= 0.3 is 5.97 Å². The third-order valence-electron chi connectivity index (χ3n) is 4.90. The lowest BCUT2D eigenvalue weighted by Gasteiger charge is -2.31. The summed E-state index contributed by atoms with van der Waals surface area (Å²) in [7, 11) is 0. The molecule has 0 spiro atoms. The van der Waals surface area contributed by atoms with Crippen LogP contribution >= 0.6 is 0 Å². The minimum absolute atomic E-state index is 0.0383. The molecule has 0 aromatic heterocycles. The molecule has 4 heteroatoms. The SMILES string of the molecule is Cc1cc(C)c(C(CC(=O)N2CCC(C)CC2)C(=O)O)c(C)c1. The molecule has 0 saturated carbocycles. The molecule has 0 bridgehead atoms. The van der Waals surface area contributed by atoms with E-state index in [-0.39, 0.29) is 12.3 Å². The minimum Gasteiger partial charge on any atom is -0.481 e. The van der Waals surface area contributed by atoms with Crippen molar-refractivity contribution in [2.75, 3.05) is 13.1 Å². The monoisotopic (exact) mass is 317 g/mol. The predicted octanol–water partition coefficient (Wildman–Crippen LogP) is 3.43. The fraction of sp³-hybridized carbons (Fsp3) is 0.579. The highest BCUT2D eigenvalue weighted by Gasteiger charge is 2.29.